The van der Waals surface area contributed by atoms with Gasteiger partial charge in [-0.25, -0.2) is 8.42 Å². The van der Waals surface area contributed by atoms with Gasteiger partial charge >= 0.3 is 0 Å². The van der Waals surface area contributed by atoms with Gasteiger partial charge in [0.1, 0.15) is 0 Å². The van der Waals surface area contributed by atoms with Crippen LogP contribution >= 0.6 is 0 Å². The van der Waals surface area contributed by atoms with Crippen molar-refractivity contribution in [1.29, 1.82) is 0 Å². The highest BCUT2D eigenvalue weighted by Crippen LogP contribution is 2.31. The summed E-state index contributed by atoms with van der Waals surface area (Å²) in [5, 5.41) is 3.21. The Labute approximate surface area is 156 Å². The van der Waals surface area contributed by atoms with E-state index in [-0.39, 0.29) is 16.0 Å². The molecular formula is C18H18N4O4S. The molecule has 2 aromatic rings. The highest BCUT2D eigenvalue weighted by atomic mass is 32.2. The molecule has 1 unspecified atom stereocenters. The second-order valence-electron chi connectivity index (χ2n) is 6.50. The number of pyridine rings is 1. The third kappa shape index (κ3) is 2.84. The fourth-order valence-electron chi connectivity index (χ4n) is 3.47. The average molecular weight is 386 g/mol. The number of piperazine rings is 1. The lowest BCUT2D eigenvalue weighted by atomic mass is 10.1. The smallest absolute Gasteiger partial charge is 0.261 e. The Hall–Kier alpha value is -2.62. The molecule has 8 nitrogen and oxygen atoms in total. The van der Waals surface area contributed by atoms with Gasteiger partial charge in [-0.3, -0.25) is 19.5 Å². The fraction of sp³-hybridized carbons (Fsp3) is 0.278. The fourth-order valence-corrected chi connectivity index (χ4v) is 5.11. The number of amides is 2. The van der Waals surface area contributed by atoms with Crippen LogP contribution in [0, 0.1) is 0 Å². The highest BCUT2D eigenvalue weighted by molar-refractivity contribution is 7.89. The molecule has 0 bridgehead atoms. The van der Waals surface area contributed by atoms with Crippen molar-refractivity contribution in [2.45, 2.75) is 10.9 Å². The molecule has 2 amide bonds. The minimum Gasteiger partial charge on any atom is -0.313 e. The van der Waals surface area contributed by atoms with Gasteiger partial charge in [0.05, 0.1) is 22.1 Å². The largest absolute Gasteiger partial charge is 0.313 e. The van der Waals surface area contributed by atoms with E-state index in [4.69, 9.17) is 0 Å². The number of sulfonamides is 1. The second-order valence-corrected chi connectivity index (χ2v) is 8.39. The Morgan fingerprint density at radius 3 is 2.67 bits per heavy atom. The predicted octanol–water partition coefficient (Wildman–Crippen LogP) is 0.643. The monoisotopic (exact) mass is 386 g/mol. The summed E-state index contributed by atoms with van der Waals surface area (Å²) in [6.45, 7) is 1.29. The Bertz CT molecular complexity index is 1020. The summed E-state index contributed by atoms with van der Waals surface area (Å²) in [6.07, 6.45) is 3.29. The van der Waals surface area contributed by atoms with Crippen LogP contribution < -0.4 is 5.32 Å². The third-order valence-corrected chi connectivity index (χ3v) is 6.84. The molecule has 1 saturated heterocycles. The van der Waals surface area contributed by atoms with Crippen molar-refractivity contribution in [2.24, 2.45) is 0 Å². The van der Waals surface area contributed by atoms with Crippen LogP contribution in [-0.4, -0.2) is 61.1 Å². The highest BCUT2D eigenvalue weighted by Gasteiger charge is 2.38. The third-order valence-electron chi connectivity index (χ3n) is 4.93. The quantitative estimate of drug-likeness (QED) is 0.778. The number of aromatic nitrogens is 1. The first kappa shape index (κ1) is 17.8. The lowest BCUT2D eigenvalue weighted by Gasteiger charge is -2.35. The molecule has 3 heterocycles. The van der Waals surface area contributed by atoms with Gasteiger partial charge in [0.2, 0.25) is 10.0 Å². The lowest BCUT2D eigenvalue weighted by molar-refractivity contribution is 0.0693. The van der Waals surface area contributed by atoms with E-state index in [2.05, 4.69) is 10.3 Å². The van der Waals surface area contributed by atoms with Crippen LogP contribution in [0.25, 0.3) is 0 Å². The van der Waals surface area contributed by atoms with Crippen molar-refractivity contribution in [3.05, 3.63) is 59.4 Å². The maximum Gasteiger partial charge on any atom is 0.261 e. The number of imide groups is 1. The van der Waals surface area contributed by atoms with Crippen molar-refractivity contribution in [2.75, 3.05) is 26.7 Å². The molecule has 1 N–H and O–H groups in total. The first-order chi connectivity index (χ1) is 12.9. The normalized spacial score (nSPS) is 20.8. The van der Waals surface area contributed by atoms with Crippen LogP contribution in [0.15, 0.2) is 47.6 Å². The molecule has 9 heteroatoms. The number of benzene rings is 1. The molecule has 1 atom stereocenters. The van der Waals surface area contributed by atoms with E-state index in [1.54, 1.807) is 18.5 Å². The molecule has 0 radical (unpaired) electrons. The van der Waals surface area contributed by atoms with Crippen molar-refractivity contribution >= 4 is 21.8 Å². The number of nitrogens with zero attached hydrogens (tertiary/aromatic N) is 3. The van der Waals surface area contributed by atoms with Crippen LogP contribution in [0.1, 0.15) is 32.3 Å². The van der Waals surface area contributed by atoms with Gasteiger partial charge in [-0.05, 0) is 29.8 Å². The summed E-state index contributed by atoms with van der Waals surface area (Å²) in [6, 6.07) is 7.31. The summed E-state index contributed by atoms with van der Waals surface area (Å²) >= 11 is 0. The Morgan fingerprint density at radius 1 is 1.15 bits per heavy atom. The van der Waals surface area contributed by atoms with Crippen LogP contribution in [0.3, 0.4) is 0 Å². The van der Waals surface area contributed by atoms with E-state index in [1.165, 1.54) is 29.6 Å². The van der Waals surface area contributed by atoms with Gasteiger partial charge in [0.15, 0.2) is 0 Å². The Morgan fingerprint density at radius 2 is 1.93 bits per heavy atom. The predicted molar refractivity (Wildman–Crippen MR) is 96.6 cm³/mol. The molecule has 1 aromatic carbocycles. The maximum atomic E-state index is 13.3. The molecule has 140 valence electrons. The zero-order valence-electron chi connectivity index (χ0n) is 14.6. The molecule has 0 spiro atoms. The maximum absolute atomic E-state index is 13.3. The number of hydrogen-bond donors (Lipinski definition) is 1. The summed E-state index contributed by atoms with van der Waals surface area (Å²) in [7, 11) is -2.47. The minimum absolute atomic E-state index is 0.00786. The minimum atomic E-state index is -3.86. The summed E-state index contributed by atoms with van der Waals surface area (Å²) in [5.74, 6) is -0.912. The lowest BCUT2D eigenvalue weighted by Crippen LogP contribution is -2.48. The van der Waals surface area contributed by atoms with Crippen LogP contribution in [0.5, 0.6) is 0 Å². The standard InChI is InChI=1S/C18H18N4O4S/c1-21-17(23)14-5-4-13(9-15(14)18(21)24)27(25,26)22-8-7-20-11-16(22)12-3-2-6-19-10-12/h2-6,9-10,16,20H,7-8,11H2,1H3. The molecule has 2 aliphatic rings. The second kappa shape index (κ2) is 6.52. The van der Waals surface area contributed by atoms with E-state index >= 15 is 0 Å². The van der Waals surface area contributed by atoms with Crippen molar-refractivity contribution < 1.29 is 18.0 Å². The Balaban J connectivity index is 1.75. The van der Waals surface area contributed by atoms with E-state index in [0.717, 1.165) is 10.5 Å². The van der Waals surface area contributed by atoms with Crippen molar-refractivity contribution in [3.63, 3.8) is 0 Å². The topological polar surface area (TPSA) is 99.7 Å². The SMILES string of the molecule is CN1C(=O)c2ccc(S(=O)(=O)N3CCNCC3c3cccnc3)cc2C1=O. The molecule has 2 aliphatic heterocycles. The number of carbonyl (C=O) groups excluding carboxylic acids is 2. The summed E-state index contributed by atoms with van der Waals surface area (Å²) in [4.78, 5) is 29.3. The van der Waals surface area contributed by atoms with E-state index < -0.39 is 27.9 Å². The first-order valence-corrected chi connectivity index (χ1v) is 9.94. The summed E-state index contributed by atoms with van der Waals surface area (Å²) < 4.78 is 28.0. The van der Waals surface area contributed by atoms with Gasteiger partial charge in [-0.1, -0.05) is 6.07 Å². The van der Waals surface area contributed by atoms with Crippen molar-refractivity contribution in [1.82, 2.24) is 19.5 Å². The van der Waals surface area contributed by atoms with Gasteiger partial charge < -0.3 is 5.32 Å². The number of carbonyl (C=O) groups is 2. The van der Waals surface area contributed by atoms with E-state index in [9.17, 15) is 18.0 Å². The average Bonchev–Trinajstić information content (AvgIpc) is 2.92. The molecule has 27 heavy (non-hydrogen) atoms. The van der Waals surface area contributed by atoms with Crippen molar-refractivity contribution in [3.8, 4) is 0 Å². The number of fused-ring (bicyclic) bond motifs is 1. The van der Waals surface area contributed by atoms with Gasteiger partial charge in [-0.15, -0.1) is 0 Å². The van der Waals surface area contributed by atoms with E-state index in [0.29, 0.717) is 19.6 Å². The molecule has 4 rings (SSSR count). The first-order valence-electron chi connectivity index (χ1n) is 8.50. The van der Waals surface area contributed by atoms with Crippen LogP contribution in [0.2, 0.25) is 0 Å². The number of rotatable bonds is 3. The summed E-state index contributed by atoms with van der Waals surface area (Å²) in [5.41, 5.74) is 1.14. The zero-order valence-corrected chi connectivity index (χ0v) is 15.4. The number of hydrogen-bond acceptors (Lipinski definition) is 6. The van der Waals surface area contributed by atoms with Gasteiger partial charge in [0, 0.05) is 39.1 Å². The van der Waals surface area contributed by atoms with Gasteiger partial charge in [-0.2, -0.15) is 4.31 Å². The molecule has 1 aromatic heterocycles. The van der Waals surface area contributed by atoms with Crippen LogP contribution in [-0.2, 0) is 10.0 Å². The van der Waals surface area contributed by atoms with Gasteiger partial charge in [0.25, 0.3) is 11.8 Å². The molecule has 1 fully saturated rings. The van der Waals surface area contributed by atoms with E-state index in [1.807, 2.05) is 6.07 Å². The number of nitrogens with one attached hydrogen (secondary N) is 1. The Kier molecular flexibility index (Phi) is 4.29. The molecular weight excluding hydrogens is 368 g/mol. The molecule has 0 saturated carbocycles. The zero-order chi connectivity index (χ0) is 19.2. The van der Waals surface area contributed by atoms with Crippen LogP contribution in [0.4, 0.5) is 0 Å². The molecule has 0 aliphatic carbocycles.